The van der Waals surface area contributed by atoms with E-state index in [1.54, 1.807) is 19.1 Å². The van der Waals surface area contributed by atoms with Crippen LogP contribution in [0.5, 0.6) is 5.75 Å². The third-order valence-electron chi connectivity index (χ3n) is 1.59. The summed E-state index contributed by atoms with van der Waals surface area (Å²) in [5.74, 6) is -0.115. The molecule has 0 aromatic heterocycles. The lowest BCUT2D eigenvalue weighted by molar-refractivity contribution is 0.0993. The molecule has 0 heterocycles. The average molecular weight is 308 g/mol. The fourth-order valence-electron chi connectivity index (χ4n) is 0.927. The molecule has 1 aromatic rings. The van der Waals surface area contributed by atoms with Gasteiger partial charge in [0.25, 0.3) is 0 Å². The number of aromatic hydroxyl groups is 1. The minimum absolute atomic E-state index is 0.00525. The minimum atomic E-state index is -0.278. The largest absolute Gasteiger partial charge is 0.507 e. The Morgan fingerprint density at radius 2 is 2.15 bits per heavy atom. The molecule has 0 saturated heterocycles. The van der Waals surface area contributed by atoms with Crippen molar-refractivity contribution < 1.29 is 9.90 Å². The Hall–Kier alpha value is -0.350. The summed E-state index contributed by atoms with van der Waals surface area (Å²) in [7, 11) is 0. The van der Waals surface area contributed by atoms with E-state index in [0.717, 1.165) is 4.47 Å². The van der Waals surface area contributed by atoms with Gasteiger partial charge < -0.3 is 5.11 Å². The second-order valence-corrected chi connectivity index (χ2v) is 4.93. The molecule has 0 bridgehead atoms. The molecule has 1 unspecified atom stereocenters. The molecule has 1 rings (SSSR count). The number of carbonyl (C=O) groups is 1. The standard InChI is InChI=1S/C9H8Br2O2/c1-5(10)9(13)7-3-2-6(11)4-8(7)12/h2-5,12H,1H3. The van der Waals surface area contributed by atoms with E-state index in [1.807, 2.05) is 0 Å². The van der Waals surface area contributed by atoms with Gasteiger partial charge in [0, 0.05) is 4.47 Å². The first-order valence-electron chi connectivity index (χ1n) is 3.69. The summed E-state index contributed by atoms with van der Waals surface area (Å²) in [6, 6.07) is 4.82. The van der Waals surface area contributed by atoms with E-state index in [2.05, 4.69) is 31.9 Å². The summed E-state index contributed by atoms with van der Waals surface area (Å²) < 4.78 is 0.753. The fourth-order valence-corrected chi connectivity index (χ4v) is 1.52. The van der Waals surface area contributed by atoms with Crippen molar-refractivity contribution in [3.63, 3.8) is 0 Å². The van der Waals surface area contributed by atoms with Crippen LogP contribution in [0.4, 0.5) is 0 Å². The highest BCUT2D eigenvalue weighted by Gasteiger charge is 2.15. The van der Waals surface area contributed by atoms with Gasteiger partial charge in [0.15, 0.2) is 5.78 Å². The highest BCUT2D eigenvalue weighted by molar-refractivity contribution is 9.10. The van der Waals surface area contributed by atoms with Crippen LogP contribution in [0.1, 0.15) is 17.3 Å². The molecular formula is C9H8Br2O2. The van der Waals surface area contributed by atoms with Crippen molar-refractivity contribution in [2.45, 2.75) is 11.8 Å². The number of carbonyl (C=O) groups excluding carboxylic acids is 1. The molecule has 13 heavy (non-hydrogen) atoms. The molecule has 2 nitrogen and oxygen atoms in total. The van der Waals surface area contributed by atoms with E-state index >= 15 is 0 Å². The first-order valence-corrected chi connectivity index (χ1v) is 5.40. The second-order valence-electron chi connectivity index (χ2n) is 2.64. The van der Waals surface area contributed by atoms with Crippen LogP contribution in [0, 0.1) is 0 Å². The van der Waals surface area contributed by atoms with Crippen LogP contribution in [0.2, 0.25) is 0 Å². The van der Waals surface area contributed by atoms with Crippen LogP contribution in [-0.4, -0.2) is 15.7 Å². The number of benzene rings is 1. The number of hydrogen-bond acceptors (Lipinski definition) is 2. The van der Waals surface area contributed by atoms with Crippen molar-refractivity contribution >= 4 is 37.6 Å². The summed E-state index contributed by atoms with van der Waals surface area (Å²) in [6.45, 7) is 1.73. The van der Waals surface area contributed by atoms with Crippen LogP contribution >= 0.6 is 31.9 Å². The Kier molecular flexibility index (Phi) is 3.50. The van der Waals surface area contributed by atoms with Crippen molar-refractivity contribution in [2.24, 2.45) is 0 Å². The van der Waals surface area contributed by atoms with Crippen LogP contribution in [0.15, 0.2) is 22.7 Å². The van der Waals surface area contributed by atoms with E-state index in [9.17, 15) is 9.90 Å². The molecule has 1 aromatic carbocycles. The lowest BCUT2D eigenvalue weighted by atomic mass is 10.1. The number of ketones is 1. The number of halogens is 2. The maximum absolute atomic E-state index is 11.5. The number of rotatable bonds is 2. The number of hydrogen-bond donors (Lipinski definition) is 1. The van der Waals surface area contributed by atoms with Gasteiger partial charge in [-0.25, -0.2) is 0 Å². The number of alkyl halides is 1. The Bertz CT molecular complexity index is 334. The second kappa shape index (κ2) is 4.24. The zero-order valence-corrected chi connectivity index (χ0v) is 10.1. The maximum atomic E-state index is 11.5. The molecule has 0 saturated carbocycles. The maximum Gasteiger partial charge on any atom is 0.179 e. The molecule has 1 atom stereocenters. The fraction of sp³-hybridized carbons (Fsp3) is 0.222. The van der Waals surface area contributed by atoms with Crippen molar-refractivity contribution in [1.82, 2.24) is 0 Å². The number of Topliss-reactive ketones (excluding diaryl/α,β-unsaturated/α-hetero) is 1. The van der Waals surface area contributed by atoms with Gasteiger partial charge in [0.05, 0.1) is 10.4 Å². The number of phenolic OH excluding ortho intramolecular Hbond substituents is 1. The SMILES string of the molecule is CC(Br)C(=O)c1ccc(Br)cc1O. The van der Waals surface area contributed by atoms with E-state index in [1.165, 1.54) is 6.07 Å². The predicted molar refractivity (Wildman–Crippen MR) is 58.5 cm³/mol. The molecule has 1 N–H and O–H groups in total. The summed E-state index contributed by atoms with van der Waals surface area (Å²) in [5.41, 5.74) is 0.340. The van der Waals surface area contributed by atoms with Crippen molar-refractivity contribution in [1.29, 1.82) is 0 Å². The van der Waals surface area contributed by atoms with Gasteiger partial charge in [0.2, 0.25) is 0 Å². The van der Waals surface area contributed by atoms with E-state index < -0.39 is 0 Å². The van der Waals surface area contributed by atoms with Crippen LogP contribution in [-0.2, 0) is 0 Å². The quantitative estimate of drug-likeness (QED) is 0.673. The van der Waals surface area contributed by atoms with Gasteiger partial charge in [-0.3, -0.25) is 4.79 Å². The Morgan fingerprint density at radius 3 is 2.62 bits per heavy atom. The molecule has 0 radical (unpaired) electrons. The molecule has 0 fully saturated rings. The predicted octanol–water partition coefficient (Wildman–Crippen LogP) is 3.12. The molecular weight excluding hydrogens is 300 g/mol. The minimum Gasteiger partial charge on any atom is -0.507 e. The smallest absolute Gasteiger partial charge is 0.179 e. The topological polar surface area (TPSA) is 37.3 Å². The zero-order chi connectivity index (χ0) is 10.0. The summed E-state index contributed by atoms with van der Waals surface area (Å²) in [4.78, 5) is 11.2. The summed E-state index contributed by atoms with van der Waals surface area (Å²) in [6.07, 6.45) is 0. The van der Waals surface area contributed by atoms with Gasteiger partial charge >= 0.3 is 0 Å². The molecule has 70 valence electrons. The van der Waals surface area contributed by atoms with Crippen LogP contribution < -0.4 is 0 Å². The normalized spacial score (nSPS) is 12.5. The molecule has 0 amide bonds. The monoisotopic (exact) mass is 306 g/mol. The zero-order valence-electron chi connectivity index (χ0n) is 6.92. The van der Waals surface area contributed by atoms with Gasteiger partial charge in [-0.1, -0.05) is 31.9 Å². The first kappa shape index (κ1) is 10.7. The Labute approximate surface area is 93.2 Å². The van der Waals surface area contributed by atoms with Crippen molar-refractivity contribution in [3.05, 3.63) is 28.2 Å². The van der Waals surface area contributed by atoms with Crippen molar-refractivity contribution in [2.75, 3.05) is 0 Å². The number of phenols is 1. The van der Waals surface area contributed by atoms with Gasteiger partial charge in [-0.2, -0.15) is 0 Å². The van der Waals surface area contributed by atoms with Gasteiger partial charge in [0.1, 0.15) is 5.75 Å². The van der Waals surface area contributed by atoms with E-state index in [-0.39, 0.29) is 16.4 Å². The Balaban J connectivity index is 3.09. The molecule has 0 aliphatic heterocycles. The third kappa shape index (κ3) is 2.54. The van der Waals surface area contributed by atoms with Crippen molar-refractivity contribution in [3.8, 4) is 5.75 Å². The first-order chi connectivity index (χ1) is 6.02. The molecule has 0 aliphatic rings. The third-order valence-corrected chi connectivity index (χ3v) is 2.50. The lowest BCUT2D eigenvalue weighted by Gasteiger charge is -2.05. The Morgan fingerprint density at radius 1 is 1.54 bits per heavy atom. The lowest BCUT2D eigenvalue weighted by Crippen LogP contribution is -2.09. The van der Waals surface area contributed by atoms with E-state index in [0.29, 0.717) is 5.56 Å². The average Bonchev–Trinajstić information content (AvgIpc) is 2.03. The summed E-state index contributed by atoms with van der Waals surface area (Å²) in [5, 5.41) is 9.44. The van der Waals surface area contributed by atoms with E-state index in [4.69, 9.17) is 0 Å². The molecule has 0 spiro atoms. The summed E-state index contributed by atoms with van der Waals surface area (Å²) >= 11 is 6.36. The van der Waals surface area contributed by atoms with Crippen LogP contribution in [0.25, 0.3) is 0 Å². The van der Waals surface area contributed by atoms with Gasteiger partial charge in [-0.05, 0) is 25.1 Å². The van der Waals surface area contributed by atoms with Crippen LogP contribution in [0.3, 0.4) is 0 Å². The highest BCUT2D eigenvalue weighted by Crippen LogP contribution is 2.24. The highest BCUT2D eigenvalue weighted by atomic mass is 79.9. The molecule has 0 aliphatic carbocycles. The molecule has 4 heteroatoms. The van der Waals surface area contributed by atoms with Gasteiger partial charge in [-0.15, -0.1) is 0 Å².